The molecule has 1 amide bonds. The molecule has 8 nitrogen and oxygen atoms in total. The fourth-order valence-electron chi connectivity index (χ4n) is 3.35. The van der Waals surface area contributed by atoms with E-state index in [1.165, 1.54) is 21.4 Å². The van der Waals surface area contributed by atoms with Crippen molar-refractivity contribution in [3.05, 3.63) is 67.1 Å². The van der Waals surface area contributed by atoms with Crippen molar-refractivity contribution in [3.63, 3.8) is 0 Å². The Bertz CT molecular complexity index is 1080. The molecule has 150 valence electrons. The molecule has 3 aromatic rings. The number of anilines is 1. The number of nitrogens with one attached hydrogen (secondary N) is 1. The van der Waals surface area contributed by atoms with Gasteiger partial charge in [0.1, 0.15) is 10.7 Å². The molecule has 0 bridgehead atoms. The number of sulfonamides is 1. The molecule has 4 rings (SSSR count). The van der Waals surface area contributed by atoms with Gasteiger partial charge < -0.3 is 5.32 Å². The average molecular weight is 411 g/mol. The lowest BCUT2D eigenvalue weighted by Crippen LogP contribution is -2.43. The number of aromatic nitrogens is 3. The number of carbonyl (C=O) groups is 1. The second kappa shape index (κ2) is 8.14. The predicted octanol–water partition coefficient (Wildman–Crippen LogP) is 2.31. The van der Waals surface area contributed by atoms with Crippen LogP contribution in [0.2, 0.25) is 0 Å². The van der Waals surface area contributed by atoms with E-state index in [0.717, 1.165) is 5.69 Å². The number of rotatable bonds is 5. The second-order valence-electron chi connectivity index (χ2n) is 6.86. The summed E-state index contributed by atoms with van der Waals surface area (Å²) in [6, 6.07) is 14.6. The van der Waals surface area contributed by atoms with Gasteiger partial charge in [-0.15, -0.1) is 0 Å². The van der Waals surface area contributed by atoms with Crippen molar-refractivity contribution in [3.8, 4) is 5.69 Å². The molecule has 0 aliphatic carbocycles. The molecule has 1 saturated heterocycles. The van der Waals surface area contributed by atoms with Gasteiger partial charge in [-0.05, 0) is 37.1 Å². The summed E-state index contributed by atoms with van der Waals surface area (Å²) in [4.78, 5) is 16.8. The third kappa shape index (κ3) is 4.20. The average Bonchev–Trinajstić information content (AvgIpc) is 3.26. The van der Waals surface area contributed by atoms with Crippen LogP contribution in [0.3, 0.4) is 0 Å². The summed E-state index contributed by atoms with van der Waals surface area (Å²) < 4.78 is 29.1. The molecule has 1 aliphatic heterocycles. The van der Waals surface area contributed by atoms with Crippen LogP contribution in [-0.2, 0) is 14.8 Å². The predicted molar refractivity (Wildman–Crippen MR) is 108 cm³/mol. The fourth-order valence-corrected chi connectivity index (χ4v) is 4.81. The van der Waals surface area contributed by atoms with Crippen LogP contribution in [0.5, 0.6) is 0 Å². The minimum Gasteiger partial charge on any atom is -0.310 e. The first kappa shape index (κ1) is 19.3. The Hall–Kier alpha value is -3.04. The van der Waals surface area contributed by atoms with Crippen LogP contribution in [0.25, 0.3) is 5.69 Å². The lowest BCUT2D eigenvalue weighted by atomic mass is 9.99. The van der Waals surface area contributed by atoms with Crippen LogP contribution in [-0.4, -0.2) is 46.5 Å². The van der Waals surface area contributed by atoms with E-state index in [9.17, 15) is 13.2 Å². The van der Waals surface area contributed by atoms with Gasteiger partial charge in [-0.3, -0.25) is 4.79 Å². The Morgan fingerprint density at radius 2 is 1.90 bits per heavy atom. The van der Waals surface area contributed by atoms with Gasteiger partial charge in [0.2, 0.25) is 15.9 Å². The summed E-state index contributed by atoms with van der Waals surface area (Å²) in [6.07, 6.45) is 5.69. The van der Waals surface area contributed by atoms with E-state index in [2.05, 4.69) is 15.4 Å². The zero-order valence-electron chi connectivity index (χ0n) is 15.7. The number of carbonyl (C=O) groups excluding carboxylic acids is 1. The highest BCUT2D eigenvalue weighted by Crippen LogP contribution is 2.25. The zero-order chi connectivity index (χ0) is 20.3. The molecule has 3 heterocycles. The molecule has 0 radical (unpaired) electrons. The smallest absolute Gasteiger partial charge is 0.246 e. The van der Waals surface area contributed by atoms with Gasteiger partial charge >= 0.3 is 0 Å². The number of benzene rings is 1. The van der Waals surface area contributed by atoms with Crippen molar-refractivity contribution in [1.29, 1.82) is 0 Å². The maximum atomic E-state index is 13.1. The van der Waals surface area contributed by atoms with Gasteiger partial charge in [-0.2, -0.15) is 9.40 Å². The number of pyridine rings is 1. The normalized spacial score (nSPS) is 17.7. The van der Waals surface area contributed by atoms with Crippen molar-refractivity contribution in [2.75, 3.05) is 18.4 Å². The second-order valence-corrected chi connectivity index (χ2v) is 8.80. The van der Waals surface area contributed by atoms with Crippen molar-refractivity contribution >= 4 is 21.7 Å². The van der Waals surface area contributed by atoms with Crippen LogP contribution >= 0.6 is 0 Å². The van der Waals surface area contributed by atoms with Crippen molar-refractivity contribution in [2.24, 2.45) is 5.92 Å². The zero-order valence-corrected chi connectivity index (χ0v) is 16.5. The summed E-state index contributed by atoms with van der Waals surface area (Å²) in [5, 5.41) is 6.94. The van der Waals surface area contributed by atoms with Crippen LogP contribution in [0, 0.1) is 5.92 Å². The Morgan fingerprint density at radius 3 is 2.66 bits per heavy atom. The van der Waals surface area contributed by atoms with E-state index in [-0.39, 0.29) is 17.3 Å². The van der Waals surface area contributed by atoms with E-state index >= 15 is 0 Å². The van der Waals surface area contributed by atoms with Crippen LogP contribution < -0.4 is 5.32 Å². The molecule has 1 fully saturated rings. The number of hydrogen-bond acceptors (Lipinski definition) is 5. The molecule has 0 saturated carbocycles. The SMILES string of the molecule is O=C(Nc1ccccn1)C1CCCN(S(=O)(=O)c2cnn(-c3ccccc3)c2)C1. The first-order valence-electron chi connectivity index (χ1n) is 9.36. The van der Waals surface area contributed by atoms with Crippen molar-refractivity contribution in [2.45, 2.75) is 17.7 Å². The maximum absolute atomic E-state index is 13.1. The fraction of sp³-hybridized carbons (Fsp3) is 0.250. The number of para-hydroxylation sites is 1. The third-order valence-electron chi connectivity index (χ3n) is 4.89. The highest BCUT2D eigenvalue weighted by Gasteiger charge is 2.34. The molecule has 1 unspecified atom stereocenters. The number of hydrogen-bond donors (Lipinski definition) is 1. The third-order valence-corrected chi connectivity index (χ3v) is 6.71. The van der Waals surface area contributed by atoms with Gasteiger partial charge in [0, 0.05) is 19.3 Å². The van der Waals surface area contributed by atoms with E-state index in [1.54, 1.807) is 24.4 Å². The highest BCUT2D eigenvalue weighted by molar-refractivity contribution is 7.89. The molecule has 1 N–H and O–H groups in total. The van der Waals surface area contributed by atoms with Crippen LogP contribution in [0.1, 0.15) is 12.8 Å². The van der Waals surface area contributed by atoms with Crippen LogP contribution in [0.4, 0.5) is 5.82 Å². The number of nitrogens with zero attached hydrogens (tertiary/aromatic N) is 4. The van der Waals surface area contributed by atoms with E-state index < -0.39 is 15.9 Å². The summed E-state index contributed by atoms with van der Waals surface area (Å²) in [6.45, 7) is 0.518. The topological polar surface area (TPSA) is 97.2 Å². The molecule has 29 heavy (non-hydrogen) atoms. The molecular formula is C20H21N5O3S. The van der Waals surface area contributed by atoms with Gasteiger partial charge in [-0.25, -0.2) is 18.1 Å². The largest absolute Gasteiger partial charge is 0.310 e. The number of piperidine rings is 1. The van der Waals surface area contributed by atoms with Gasteiger partial charge in [0.25, 0.3) is 0 Å². The molecule has 1 atom stereocenters. The van der Waals surface area contributed by atoms with Gasteiger partial charge in [-0.1, -0.05) is 24.3 Å². The molecule has 1 aromatic carbocycles. The maximum Gasteiger partial charge on any atom is 0.246 e. The summed E-state index contributed by atoms with van der Waals surface area (Å²) in [5.41, 5.74) is 0.778. The molecule has 0 spiro atoms. The Labute approximate surface area is 169 Å². The van der Waals surface area contributed by atoms with Crippen molar-refractivity contribution in [1.82, 2.24) is 19.1 Å². The quantitative estimate of drug-likeness (QED) is 0.695. The van der Waals surface area contributed by atoms with E-state index in [1.807, 2.05) is 30.3 Å². The van der Waals surface area contributed by atoms with E-state index in [0.29, 0.717) is 25.2 Å². The molecular weight excluding hydrogens is 390 g/mol. The molecule has 1 aliphatic rings. The monoisotopic (exact) mass is 411 g/mol. The Balaban J connectivity index is 1.49. The molecule has 9 heteroatoms. The van der Waals surface area contributed by atoms with Gasteiger partial charge in [0.05, 0.1) is 24.0 Å². The summed E-state index contributed by atoms with van der Waals surface area (Å²) >= 11 is 0. The van der Waals surface area contributed by atoms with Gasteiger partial charge in [0.15, 0.2) is 0 Å². The minimum absolute atomic E-state index is 0.118. The van der Waals surface area contributed by atoms with Crippen LogP contribution in [0.15, 0.2) is 72.0 Å². The summed E-state index contributed by atoms with van der Waals surface area (Å²) in [5.74, 6) is -0.185. The lowest BCUT2D eigenvalue weighted by Gasteiger charge is -2.30. The van der Waals surface area contributed by atoms with E-state index in [4.69, 9.17) is 0 Å². The first-order chi connectivity index (χ1) is 14.0. The standard InChI is InChI=1S/C20H21N5O3S/c26-20(23-19-10-4-5-11-21-19)16-7-6-12-24(14-16)29(27,28)18-13-22-25(15-18)17-8-2-1-3-9-17/h1-5,8-11,13,15-16H,6-7,12,14H2,(H,21,23,26). The summed E-state index contributed by atoms with van der Waals surface area (Å²) in [7, 11) is -3.73. The Kier molecular flexibility index (Phi) is 5.41. The molecule has 2 aromatic heterocycles. The lowest BCUT2D eigenvalue weighted by molar-refractivity contribution is -0.120. The van der Waals surface area contributed by atoms with Crippen molar-refractivity contribution < 1.29 is 13.2 Å². The highest BCUT2D eigenvalue weighted by atomic mass is 32.2. The number of amides is 1. The Morgan fingerprint density at radius 1 is 1.10 bits per heavy atom. The first-order valence-corrected chi connectivity index (χ1v) is 10.8. The minimum atomic E-state index is -3.73.